The minimum atomic E-state index is 0.301. The van der Waals surface area contributed by atoms with Gasteiger partial charge in [-0.15, -0.1) is 0 Å². The van der Waals surface area contributed by atoms with Gasteiger partial charge in [0.2, 0.25) is 0 Å². The van der Waals surface area contributed by atoms with Crippen LogP contribution in [0.3, 0.4) is 0 Å². The number of nitriles is 1. The third-order valence-corrected chi connectivity index (χ3v) is 4.56. The summed E-state index contributed by atoms with van der Waals surface area (Å²) in [5.41, 5.74) is 9.46. The highest BCUT2D eigenvalue weighted by molar-refractivity contribution is 5.73. The molecule has 1 unspecified atom stereocenters. The van der Waals surface area contributed by atoms with Crippen LogP contribution in [0.25, 0.3) is 5.69 Å². The molecular weight excluding hydrogens is 362 g/mol. The SMILES string of the molecule is C=CC=N/C(=C(\C)N)N(C=C)c1cc(C#N)cc(-n2cnc3c2N=CCC3C)c1. The van der Waals surface area contributed by atoms with E-state index in [-0.39, 0.29) is 0 Å². The van der Waals surface area contributed by atoms with E-state index in [1.807, 2.05) is 16.8 Å². The summed E-state index contributed by atoms with van der Waals surface area (Å²) in [7, 11) is 0. The Hall–Kier alpha value is -3.92. The molecule has 0 fully saturated rings. The van der Waals surface area contributed by atoms with Gasteiger partial charge in [-0.3, -0.25) is 4.57 Å². The van der Waals surface area contributed by atoms with Crippen LogP contribution in [-0.2, 0) is 0 Å². The van der Waals surface area contributed by atoms with Gasteiger partial charge in [0, 0.05) is 30.2 Å². The average molecular weight is 385 g/mol. The fourth-order valence-electron chi connectivity index (χ4n) is 3.16. The minimum Gasteiger partial charge on any atom is -0.399 e. The maximum Gasteiger partial charge on any atom is 0.160 e. The van der Waals surface area contributed by atoms with Gasteiger partial charge in [-0.25, -0.2) is 15.0 Å². The van der Waals surface area contributed by atoms with Gasteiger partial charge in [0.05, 0.1) is 28.7 Å². The van der Waals surface area contributed by atoms with Crippen molar-refractivity contribution in [2.45, 2.75) is 26.2 Å². The van der Waals surface area contributed by atoms with E-state index in [0.717, 1.165) is 23.6 Å². The van der Waals surface area contributed by atoms with Gasteiger partial charge in [-0.05, 0) is 31.5 Å². The van der Waals surface area contributed by atoms with E-state index in [1.165, 1.54) is 0 Å². The van der Waals surface area contributed by atoms with Gasteiger partial charge in [-0.1, -0.05) is 26.2 Å². The number of imidazole rings is 1. The molecule has 1 aliphatic rings. The number of hydrogen-bond acceptors (Lipinski definition) is 6. The Morgan fingerprint density at radius 2 is 2.21 bits per heavy atom. The number of nitrogens with zero attached hydrogens (tertiary/aromatic N) is 6. The Kier molecular flexibility index (Phi) is 5.74. The van der Waals surface area contributed by atoms with Gasteiger partial charge in [0.1, 0.15) is 6.33 Å². The van der Waals surface area contributed by atoms with Crippen LogP contribution in [0.2, 0.25) is 0 Å². The molecule has 7 nitrogen and oxygen atoms in total. The van der Waals surface area contributed by atoms with Crippen LogP contribution < -0.4 is 10.6 Å². The molecule has 0 spiro atoms. The van der Waals surface area contributed by atoms with Gasteiger partial charge < -0.3 is 10.6 Å². The number of fused-ring (bicyclic) bond motifs is 1. The molecule has 2 aromatic rings. The van der Waals surface area contributed by atoms with Crippen LogP contribution >= 0.6 is 0 Å². The van der Waals surface area contributed by atoms with Crippen molar-refractivity contribution in [3.8, 4) is 11.8 Å². The molecule has 146 valence electrons. The monoisotopic (exact) mass is 385 g/mol. The van der Waals surface area contributed by atoms with Crippen molar-refractivity contribution in [1.29, 1.82) is 5.26 Å². The van der Waals surface area contributed by atoms with Crippen molar-refractivity contribution in [1.82, 2.24) is 9.55 Å². The van der Waals surface area contributed by atoms with Crippen molar-refractivity contribution < 1.29 is 0 Å². The molecule has 0 aliphatic carbocycles. The number of rotatable bonds is 6. The summed E-state index contributed by atoms with van der Waals surface area (Å²) < 4.78 is 1.89. The standard InChI is InChI=1S/C22H23N7/c1-5-8-25-21(16(4)24)28(6-2)18-10-17(13-23)11-19(12-18)29-14-27-20-15(3)7-9-26-22(20)29/h5-6,8-12,14-15H,1-2,7,24H2,3-4H3/b21-16-,25-8?. The Morgan fingerprint density at radius 3 is 2.86 bits per heavy atom. The smallest absolute Gasteiger partial charge is 0.160 e. The molecule has 0 bridgehead atoms. The van der Waals surface area contributed by atoms with E-state index in [0.29, 0.717) is 28.7 Å². The highest BCUT2D eigenvalue weighted by Crippen LogP contribution is 2.34. The summed E-state index contributed by atoms with van der Waals surface area (Å²) in [6.07, 6.45) is 9.24. The number of nitrogens with two attached hydrogens (primary N) is 1. The quantitative estimate of drug-likeness (QED) is 0.750. The van der Waals surface area contributed by atoms with Crippen LogP contribution in [0, 0.1) is 11.3 Å². The number of anilines is 1. The predicted octanol–water partition coefficient (Wildman–Crippen LogP) is 4.31. The second kappa shape index (κ2) is 8.40. The Balaban J connectivity index is 2.16. The van der Waals surface area contributed by atoms with E-state index in [9.17, 15) is 5.26 Å². The van der Waals surface area contributed by atoms with Crippen molar-refractivity contribution in [3.05, 3.63) is 72.7 Å². The van der Waals surface area contributed by atoms with E-state index in [4.69, 9.17) is 5.73 Å². The van der Waals surface area contributed by atoms with E-state index in [1.54, 1.807) is 48.8 Å². The van der Waals surface area contributed by atoms with Crippen molar-refractivity contribution in [2.24, 2.45) is 15.7 Å². The van der Waals surface area contributed by atoms with Gasteiger partial charge in [-0.2, -0.15) is 5.26 Å². The number of allylic oxidation sites excluding steroid dienone is 2. The zero-order valence-corrected chi connectivity index (χ0v) is 16.6. The van der Waals surface area contributed by atoms with E-state index in [2.05, 4.69) is 41.1 Å². The van der Waals surface area contributed by atoms with Crippen molar-refractivity contribution in [2.75, 3.05) is 4.90 Å². The number of benzene rings is 1. The fraction of sp³-hybridized carbons (Fsp3) is 0.182. The summed E-state index contributed by atoms with van der Waals surface area (Å²) in [5, 5.41) is 9.58. The van der Waals surface area contributed by atoms with Crippen LogP contribution in [0.15, 0.2) is 71.5 Å². The molecule has 1 aliphatic heterocycles. The average Bonchev–Trinajstić information content (AvgIpc) is 3.16. The number of hydrogen-bond donors (Lipinski definition) is 1. The van der Waals surface area contributed by atoms with E-state index >= 15 is 0 Å². The maximum atomic E-state index is 9.58. The third-order valence-electron chi connectivity index (χ3n) is 4.56. The van der Waals surface area contributed by atoms with Crippen molar-refractivity contribution >= 4 is 23.9 Å². The molecule has 2 N–H and O–H groups in total. The lowest BCUT2D eigenvalue weighted by atomic mass is 10.0. The predicted molar refractivity (Wildman–Crippen MR) is 118 cm³/mol. The number of aliphatic imine (C=N–C) groups is 2. The van der Waals surface area contributed by atoms with Crippen molar-refractivity contribution in [3.63, 3.8) is 0 Å². The molecule has 3 rings (SSSR count). The first kappa shape index (κ1) is 19.8. The zero-order chi connectivity index (χ0) is 21.0. The largest absolute Gasteiger partial charge is 0.399 e. The molecule has 7 heteroatoms. The molecule has 0 radical (unpaired) electrons. The normalized spacial score (nSPS) is 16.1. The molecule has 0 saturated heterocycles. The molecule has 0 amide bonds. The second-order valence-corrected chi connectivity index (χ2v) is 6.69. The number of aromatic nitrogens is 2. The molecule has 29 heavy (non-hydrogen) atoms. The second-order valence-electron chi connectivity index (χ2n) is 6.69. The summed E-state index contributed by atoms with van der Waals surface area (Å²) >= 11 is 0. The molecule has 2 heterocycles. The minimum absolute atomic E-state index is 0.301. The maximum absolute atomic E-state index is 9.58. The first-order valence-electron chi connectivity index (χ1n) is 9.18. The molecule has 1 atom stereocenters. The first-order valence-corrected chi connectivity index (χ1v) is 9.18. The fourth-order valence-corrected chi connectivity index (χ4v) is 3.16. The molecular formula is C22H23N7. The van der Waals surface area contributed by atoms with Crippen LogP contribution in [-0.4, -0.2) is 22.0 Å². The lowest BCUT2D eigenvalue weighted by Gasteiger charge is -2.23. The van der Waals surface area contributed by atoms with Gasteiger partial charge in [0.15, 0.2) is 11.6 Å². The molecule has 1 aromatic heterocycles. The van der Waals surface area contributed by atoms with Gasteiger partial charge >= 0.3 is 0 Å². The Bertz CT molecular complexity index is 1080. The third kappa shape index (κ3) is 3.87. The van der Waals surface area contributed by atoms with Gasteiger partial charge in [0.25, 0.3) is 0 Å². The first-order chi connectivity index (χ1) is 14.0. The lowest BCUT2D eigenvalue weighted by molar-refractivity contribution is 0.773. The Labute approximate surface area is 170 Å². The summed E-state index contributed by atoms with van der Waals surface area (Å²) in [5.74, 6) is 1.58. The Morgan fingerprint density at radius 1 is 1.41 bits per heavy atom. The van der Waals surface area contributed by atoms with E-state index < -0.39 is 0 Å². The van der Waals surface area contributed by atoms with Crippen LogP contribution in [0.4, 0.5) is 11.5 Å². The zero-order valence-electron chi connectivity index (χ0n) is 16.6. The lowest BCUT2D eigenvalue weighted by Crippen LogP contribution is -2.18. The topological polar surface area (TPSA) is 95.6 Å². The highest BCUT2D eigenvalue weighted by Gasteiger charge is 2.21. The summed E-state index contributed by atoms with van der Waals surface area (Å²) in [6, 6.07) is 7.69. The summed E-state index contributed by atoms with van der Waals surface area (Å²) in [4.78, 5) is 15.2. The summed E-state index contributed by atoms with van der Waals surface area (Å²) in [6.45, 7) is 11.4. The van der Waals surface area contributed by atoms with Crippen LogP contribution in [0.5, 0.6) is 0 Å². The highest BCUT2D eigenvalue weighted by atomic mass is 15.2. The van der Waals surface area contributed by atoms with Crippen LogP contribution in [0.1, 0.15) is 37.4 Å². The molecule has 1 aromatic carbocycles. The molecule has 0 saturated carbocycles.